The van der Waals surface area contributed by atoms with Gasteiger partial charge in [0.15, 0.2) is 0 Å². The van der Waals surface area contributed by atoms with Crippen LogP contribution in [0.1, 0.15) is 37.0 Å². The van der Waals surface area contributed by atoms with E-state index < -0.39 is 17.4 Å². The number of carbonyl (C=O) groups is 3. The maximum absolute atomic E-state index is 12.1. The van der Waals surface area contributed by atoms with Crippen molar-refractivity contribution in [2.45, 2.75) is 32.2 Å². The third-order valence-electron chi connectivity index (χ3n) is 3.09. The lowest BCUT2D eigenvalue weighted by Crippen LogP contribution is -2.48. The van der Waals surface area contributed by atoms with Crippen LogP contribution in [-0.4, -0.2) is 29.8 Å². The van der Waals surface area contributed by atoms with E-state index in [1.165, 1.54) is 6.07 Å². The fraction of sp³-hybridized carbons (Fsp3) is 0.400. The molecule has 0 aliphatic rings. The zero-order chi connectivity index (χ0) is 16.8. The van der Waals surface area contributed by atoms with Crippen LogP contribution in [0.4, 0.5) is 5.69 Å². The monoisotopic (exact) mass is 342 g/mol. The lowest BCUT2D eigenvalue weighted by Gasteiger charge is -2.22. The molecular formula is C15H23ClN4O3. The number of carbonyl (C=O) groups excluding carboxylic acids is 3. The molecule has 0 saturated carbocycles. The quantitative estimate of drug-likeness (QED) is 0.583. The molecule has 0 aromatic heterocycles. The molecule has 0 radical (unpaired) electrons. The average Bonchev–Trinajstić information content (AvgIpc) is 2.44. The van der Waals surface area contributed by atoms with Gasteiger partial charge >= 0.3 is 0 Å². The predicted molar refractivity (Wildman–Crippen MR) is 91.3 cm³/mol. The summed E-state index contributed by atoms with van der Waals surface area (Å²) in [5, 5.41) is 5.07. The first-order valence-corrected chi connectivity index (χ1v) is 7.03. The second kappa shape index (κ2) is 9.12. The number of hydrogen-bond acceptors (Lipinski definition) is 4. The van der Waals surface area contributed by atoms with Crippen molar-refractivity contribution in [1.82, 2.24) is 5.32 Å². The van der Waals surface area contributed by atoms with E-state index in [1.807, 2.05) is 6.92 Å². The molecule has 1 atom stereocenters. The van der Waals surface area contributed by atoms with Gasteiger partial charge in [0.05, 0.1) is 12.1 Å². The van der Waals surface area contributed by atoms with Crippen molar-refractivity contribution >= 4 is 35.8 Å². The summed E-state index contributed by atoms with van der Waals surface area (Å²) in [5.74, 6) is -1.39. The molecule has 8 heteroatoms. The van der Waals surface area contributed by atoms with Crippen LogP contribution in [0.2, 0.25) is 0 Å². The molecule has 0 heterocycles. The molecule has 6 N–H and O–H groups in total. The molecule has 23 heavy (non-hydrogen) atoms. The molecule has 7 nitrogen and oxygen atoms in total. The van der Waals surface area contributed by atoms with Crippen LogP contribution >= 0.6 is 12.4 Å². The van der Waals surface area contributed by atoms with Gasteiger partial charge in [-0.15, -0.1) is 12.4 Å². The van der Waals surface area contributed by atoms with Crippen LogP contribution in [-0.2, 0) is 9.59 Å². The van der Waals surface area contributed by atoms with E-state index in [9.17, 15) is 14.4 Å². The Hall–Kier alpha value is -2.12. The van der Waals surface area contributed by atoms with Crippen molar-refractivity contribution in [2.24, 2.45) is 11.5 Å². The molecule has 3 amide bonds. The van der Waals surface area contributed by atoms with Gasteiger partial charge in [0.2, 0.25) is 11.8 Å². The number of halogens is 1. The summed E-state index contributed by atoms with van der Waals surface area (Å²) in [4.78, 5) is 34.6. The summed E-state index contributed by atoms with van der Waals surface area (Å²) in [6.45, 7) is 3.37. The number of primary amides is 1. The standard InChI is InChI=1S/C15H22N4O3.ClH/c1-3-7-15(2,17)14(22)19-11-6-4-5-10(8-11)13(21)18-9-12(16)20;/h4-6,8H,3,7,9,17H2,1-2H3,(H2,16,20)(H,18,21)(H,19,22);1H. The number of amides is 3. The van der Waals surface area contributed by atoms with Crippen LogP contribution in [0.15, 0.2) is 24.3 Å². The van der Waals surface area contributed by atoms with Crippen molar-refractivity contribution in [2.75, 3.05) is 11.9 Å². The Balaban J connectivity index is 0.00000484. The first-order valence-electron chi connectivity index (χ1n) is 7.03. The SMILES string of the molecule is CCCC(C)(N)C(=O)Nc1cccc(C(=O)NCC(N)=O)c1.Cl. The third kappa shape index (κ3) is 6.66. The number of benzene rings is 1. The molecular weight excluding hydrogens is 320 g/mol. The number of nitrogens with two attached hydrogens (primary N) is 2. The first-order chi connectivity index (χ1) is 10.3. The minimum atomic E-state index is -0.973. The summed E-state index contributed by atoms with van der Waals surface area (Å²) < 4.78 is 0. The Morgan fingerprint density at radius 3 is 2.48 bits per heavy atom. The van der Waals surface area contributed by atoms with Crippen LogP contribution < -0.4 is 22.1 Å². The smallest absolute Gasteiger partial charge is 0.251 e. The lowest BCUT2D eigenvalue weighted by molar-refractivity contribution is -0.121. The van der Waals surface area contributed by atoms with E-state index in [1.54, 1.807) is 25.1 Å². The van der Waals surface area contributed by atoms with E-state index in [0.29, 0.717) is 17.7 Å². The largest absolute Gasteiger partial charge is 0.368 e. The Kier molecular flexibility index (Phi) is 8.28. The van der Waals surface area contributed by atoms with Crippen molar-refractivity contribution in [3.63, 3.8) is 0 Å². The van der Waals surface area contributed by atoms with Gasteiger partial charge in [0.1, 0.15) is 0 Å². The predicted octanol–water partition coefficient (Wildman–Crippen LogP) is 0.780. The highest BCUT2D eigenvalue weighted by Gasteiger charge is 2.27. The van der Waals surface area contributed by atoms with E-state index in [0.717, 1.165) is 6.42 Å². The molecule has 128 valence electrons. The highest BCUT2D eigenvalue weighted by atomic mass is 35.5. The Morgan fingerprint density at radius 1 is 1.26 bits per heavy atom. The molecule has 1 aromatic rings. The number of rotatable bonds is 7. The molecule has 0 aliphatic heterocycles. The number of nitrogens with one attached hydrogen (secondary N) is 2. The van der Waals surface area contributed by atoms with Gasteiger partial charge in [-0.25, -0.2) is 0 Å². The van der Waals surface area contributed by atoms with Crippen molar-refractivity contribution in [3.8, 4) is 0 Å². The van der Waals surface area contributed by atoms with Gasteiger partial charge in [-0.2, -0.15) is 0 Å². The Bertz CT molecular complexity index is 576. The zero-order valence-corrected chi connectivity index (χ0v) is 14.0. The number of anilines is 1. The van der Waals surface area contributed by atoms with Crippen molar-refractivity contribution < 1.29 is 14.4 Å². The van der Waals surface area contributed by atoms with Crippen LogP contribution in [0.25, 0.3) is 0 Å². The Labute approximate surface area is 141 Å². The summed E-state index contributed by atoms with van der Waals surface area (Å²) in [6.07, 6.45) is 1.34. The van der Waals surface area contributed by atoms with Gasteiger partial charge in [-0.05, 0) is 31.5 Å². The van der Waals surface area contributed by atoms with E-state index in [4.69, 9.17) is 11.5 Å². The molecule has 0 spiro atoms. The second-order valence-corrected chi connectivity index (χ2v) is 5.35. The molecule has 0 saturated heterocycles. The van der Waals surface area contributed by atoms with E-state index in [2.05, 4.69) is 10.6 Å². The van der Waals surface area contributed by atoms with Crippen LogP contribution in [0.5, 0.6) is 0 Å². The first kappa shape index (κ1) is 20.9. The summed E-state index contributed by atoms with van der Waals surface area (Å²) in [7, 11) is 0. The highest BCUT2D eigenvalue weighted by Crippen LogP contribution is 2.15. The lowest BCUT2D eigenvalue weighted by atomic mass is 9.96. The normalized spacial score (nSPS) is 12.5. The maximum Gasteiger partial charge on any atom is 0.251 e. The van der Waals surface area contributed by atoms with Gasteiger partial charge in [-0.1, -0.05) is 19.4 Å². The van der Waals surface area contributed by atoms with Gasteiger partial charge in [0.25, 0.3) is 5.91 Å². The van der Waals surface area contributed by atoms with E-state index in [-0.39, 0.29) is 24.9 Å². The van der Waals surface area contributed by atoms with Crippen LogP contribution in [0.3, 0.4) is 0 Å². The minimum Gasteiger partial charge on any atom is -0.368 e. The summed E-state index contributed by atoms with van der Waals surface area (Å²) in [6, 6.07) is 6.36. The fourth-order valence-electron chi connectivity index (χ4n) is 1.91. The minimum absolute atomic E-state index is 0. The molecule has 1 unspecified atom stereocenters. The maximum atomic E-state index is 12.1. The summed E-state index contributed by atoms with van der Waals surface area (Å²) in [5.41, 5.74) is 10.7. The third-order valence-corrected chi connectivity index (χ3v) is 3.09. The zero-order valence-electron chi connectivity index (χ0n) is 13.2. The summed E-state index contributed by atoms with van der Waals surface area (Å²) >= 11 is 0. The molecule has 0 fully saturated rings. The van der Waals surface area contributed by atoms with Gasteiger partial charge in [0, 0.05) is 11.3 Å². The van der Waals surface area contributed by atoms with E-state index >= 15 is 0 Å². The average molecular weight is 343 g/mol. The highest BCUT2D eigenvalue weighted by molar-refractivity contribution is 6.00. The van der Waals surface area contributed by atoms with Crippen LogP contribution in [0, 0.1) is 0 Å². The van der Waals surface area contributed by atoms with Crippen molar-refractivity contribution in [3.05, 3.63) is 29.8 Å². The molecule has 0 bridgehead atoms. The second-order valence-electron chi connectivity index (χ2n) is 5.35. The molecule has 0 aliphatic carbocycles. The molecule has 1 aromatic carbocycles. The van der Waals surface area contributed by atoms with Gasteiger partial charge in [-0.3, -0.25) is 14.4 Å². The molecule has 1 rings (SSSR count). The van der Waals surface area contributed by atoms with Gasteiger partial charge < -0.3 is 22.1 Å². The number of hydrogen-bond donors (Lipinski definition) is 4. The topological polar surface area (TPSA) is 127 Å². The Morgan fingerprint density at radius 2 is 1.91 bits per heavy atom. The van der Waals surface area contributed by atoms with Crippen molar-refractivity contribution in [1.29, 1.82) is 0 Å². The fourth-order valence-corrected chi connectivity index (χ4v) is 1.91.